The van der Waals surface area contributed by atoms with Gasteiger partial charge in [-0.15, -0.1) is 0 Å². The van der Waals surface area contributed by atoms with Crippen molar-refractivity contribution in [1.82, 2.24) is 0 Å². The summed E-state index contributed by atoms with van der Waals surface area (Å²) in [6, 6.07) is 0. The van der Waals surface area contributed by atoms with Crippen LogP contribution in [0, 0.1) is 0 Å². The maximum Gasteiger partial charge on any atom is 0.117 e. The second-order valence-electron chi connectivity index (χ2n) is 3.96. The van der Waals surface area contributed by atoms with Crippen LogP contribution in [0.15, 0.2) is 0 Å². The lowest BCUT2D eigenvalue weighted by Gasteiger charge is -2.14. The van der Waals surface area contributed by atoms with Gasteiger partial charge in [0.1, 0.15) is 5.60 Å². The Kier molecular flexibility index (Phi) is 3.13. The second-order valence-corrected chi connectivity index (χ2v) is 3.96. The number of hydrogen-bond acceptors (Lipinski definition) is 2. The second kappa shape index (κ2) is 3.75. The van der Waals surface area contributed by atoms with E-state index >= 15 is 0 Å². The van der Waals surface area contributed by atoms with Crippen molar-refractivity contribution in [3.05, 3.63) is 0 Å². The third-order valence-electron chi connectivity index (χ3n) is 2.92. The Balaban J connectivity index is 2.16. The molecule has 0 aromatic rings. The van der Waals surface area contributed by atoms with Crippen LogP contribution in [-0.4, -0.2) is 22.9 Å². The monoisotopic (exact) mass is 172 g/mol. The van der Waals surface area contributed by atoms with Crippen LogP contribution in [0.5, 0.6) is 0 Å². The highest BCUT2D eigenvalue weighted by Crippen LogP contribution is 2.40. The third kappa shape index (κ3) is 1.99. The molecule has 0 spiro atoms. The highest BCUT2D eigenvalue weighted by Gasteiger charge is 2.53. The molecule has 0 bridgehead atoms. The normalized spacial score (nSPS) is 36.5. The van der Waals surface area contributed by atoms with Crippen molar-refractivity contribution in [2.75, 3.05) is 0 Å². The largest absolute Gasteiger partial charge is 0.390 e. The molecule has 1 aliphatic heterocycles. The maximum absolute atomic E-state index is 9.72. The van der Waals surface area contributed by atoms with Crippen molar-refractivity contribution in [2.24, 2.45) is 0 Å². The SMILES string of the molecule is CCCCC[C@H](O)[C@@]1(C)O[C@@H]1C. The molecule has 1 aliphatic rings. The Morgan fingerprint density at radius 3 is 2.50 bits per heavy atom. The standard InChI is InChI=1S/C10H20O2/c1-4-5-6-7-9(11)10(3)8(2)12-10/h8-9,11H,4-7H2,1-3H3/t8-,9+,10+/m1/s1. The molecule has 1 heterocycles. The van der Waals surface area contributed by atoms with Crippen molar-refractivity contribution in [3.8, 4) is 0 Å². The first-order chi connectivity index (χ1) is 5.61. The quantitative estimate of drug-likeness (QED) is 0.509. The van der Waals surface area contributed by atoms with Crippen LogP contribution in [0.3, 0.4) is 0 Å². The van der Waals surface area contributed by atoms with Crippen LogP contribution in [0.1, 0.15) is 46.5 Å². The number of ether oxygens (including phenoxy) is 1. The molecule has 0 aromatic heterocycles. The van der Waals surface area contributed by atoms with E-state index < -0.39 is 0 Å². The summed E-state index contributed by atoms with van der Waals surface area (Å²) in [5.41, 5.74) is -0.228. The van der Waals surface area contributed by atoms with Crippen LogP contribution in [0.2, 0.25) is 0 Å². The van der Waals surface area contributed by atoms with Gasteiger partial charge in [0.2, 0.25) is 0 Å². The molecule has 12 heavy (non-hydrogen) atoms. The zero-order valence-corrected chi connectivity index (χ0v) is 8.34. The van der Waals surface area contributed by atoms with Gasteiger partial charge in [-0.1, -0.05) is 26.2 Å². The summed E-state index contributed by atoms with van der Waals surface area (Å²) in [7, 11) is 0. The van der Waals surface area contributed by atoms with Crippen molar-refractivity contribution in [1.29, 1.82) is 0 Å². The van der Waals surface area contributed by atoms with Gasteiger partial charge in [0.15, 0.2) is 0 Å². The molecule has 2 nitrogen and oxygen atoms in total. The summed E-state index contributed by atoms with van der Waals surface area (Å²) >= 11 is 0. The lowest BCUT2D eigenvalue weighted by Crippen LogP contribution is -2.28. The summed E-state index contributed by atoms with van der Waals surface area (Å²) in [4.78, 5) is 0. The van der Waals surface area contributed by atoms with Crippen molar-refractivity contribution in [3.63, 3.8) is 0 Å². The summed E-state index contributed by atoms with van der Waals surface area (Å²) in [5.74, 6) is 0. The Labute approximate surface area is 74.9 Å². The van der Waals surface area contributed by atoms with Crippen LogP contribution >= 0.6 is 0 Å². The van der Waals surface area contributed by atoms with E-state index in [1.807, 2.05) is 13.8 Å². The average Bonchev–Trinajstić information content (AvgIpc) is 2.62. The minimum absolute atomic E-state index is 0.228. The van der Waals surface area contributed by atoms with E-state index in [9.17, 15) is 5.11 Å². The smallest absolute Gasteiger partial charge is 0.117 e. The molecule has 3 atom stereocenters. The Morgan fingerprint density at radius 2 is 2.08 bits per heavy atom. The highest BCUT2D eigenvalue weighted by atomic mass is 16.6. The zero-order chi connectivity index (χ0) is 9.19. The van der Waals surface area contributed by atoms with Crippen LogP contribution in [0.4, 0.5) is 0 Å². The molecule has 1 rings (SSSR count). The minimum atomic E-state index is -0.265. The van der Waals surface area contributed by atoms with Crippen LogP contribution < -0.4 is 0 Å². The van der Waals surface area contributed by atoms with Gasteiger partial charge < -0.3 is 9.84 Å². The fourth-order valence-electron chi connectivity index (χ4n) is 1.57. The molecule has 2 heteroatoms. The molecule has 0 radical (unpaired) electrons. The lowest BCUT2D eigenvalue weighted by atomic mass is 9.96. The number of rotatable bonds is 5. The molecule has 0 saturated carbocycles. The van der Waals surface area contributed by atoms with E-state index in [4.69, 9.17) is 4.74 Å². The lowest BCUT2D eigenvalue weighted by molar-refractivity contribution is 0.0752. The van der Waals surface area contributed by atoms with Gasteiger partial charge in [-0.05, 0) is 20.3 Å². The molecule has 0 aromatic carbocycles. The average molecular weight is 172 g/mol. The molecule has 0 aliphatic carbocycles. The number of hydrogen-bond donors (Lipinski definition) is 1. The van der Waals surface area contributed by atoms with Crippen molar-refractivity contribution in [2.45, 2.75) is 64.3 Å². The molecular weight excluding hydrogens is 152 g/mol. The first-order valence-corrected chi connectivity index (χ1v) is 4.97. The van der Waals surface area contributed by atoms with E-state index in [1.165, 1.54) is 12.8 Å². The van der Waals surface area contributed by atoms with Gasteiger partial charge in [0.25, 0.3) is 0 Å². The number of epoxide rings is 1. The van der Waals surface area contributed by atoms with Gasteiger partial charge in [-0.25, -0.2) is 0 Å². The van der Waals surface area contributed by atoms with E-state index in [0.29, 0.717) is 0 Å². The summed E-state index contributed by atoms with van der Waals surface area (Å²) in [6.07, 6.45) is 4.40. The maximum atomic E-state index is 9.72. The van der Waals surface area contributed by atoms with Crippen molar-refractivity contribution >= 4 is 0 Å². The minimum Gasteiger partial charge on any atom is -0.390 e. The summed E-state index contributed by atoms with van der Waals surface area (Å²) < 4.78 is 5.35. The summed E-state index contributed by atoms with van der Waals surface area (Å²) in [5, 5.41) is 9.72. The van der Waals surface area contributed by atoms with E-state index in [0.717, 1.165) is 12.8 Å². The topological polar surface area (TPSA) is 32.8 Å². The molecular formula is C10H20O2. The predicted octanol–water partition coefficient (Wildman–Crippen LogP) is 2.10. The van der Waals surface area contributed by atoms with Gasteiger partial charge in [-0.2, -0.15) is 0 Å². The van der Waals surface area contributed by atoms with Gasteiger partial charge in [0.05, 0.1) is 12.2 Å². The fourth-order valence-corrected chi connectivity index (χ4v) is 1.57. The molecule has 72 valence electrons. The molecule has 0 amide bonds. The van der Waals surface area contributed by atoms with Gasteiger partial charge >= 0.3 is 0 Å². The first kappa shape index (κ1) is 10.0. The highest BCUT2D eigenvalue weighted by molar-refractivity contribution is 5.01. The van der Waals surface area contributed by atoms with E-state index in [2.05, 4.69) is 6.92 Å². The van der Waals surface area contributed by atoms with E-state index in [1.54, 1.807) is 0 Å². The molecule has 1 N–H and O–H groups in total. The summed E-state index contributed by atoms with van der Waals surface area (Å²) in [6.45, 7) is 6.18. The van der Waals surface area contributed by atoms with Gasteiger partial charge in [-0.3, -0.25) is 0 Å². The Hall–Kier alpha value is -0.0800. The molecule has 1 fully saturated rings. The molecule has 1 saturated heterocycles. The third-order valence-corrected chi connectivity index (χ3v) is 2.92. The molecule has 0 unspecified atom stereocenters. The predicted molar refractivity (Wildman–Crippen MR) is 49.1 cm³/mol. The number of unbranched alkanes of at least 4 members (excludes halogenated alkanes) is 2. The van der Waals surface area contributed by atoms with Crippen molar-refractivity contribution < 1.29 is 9.84 Å². The zero-order valence-electron chi connectivity index (χ0n) is 8.34. The number of aliphatic hydroxyl groups excluding tert-OH is 1. The fraction of sp³-hybridized carbons (Fsp3) is 1.00. The van der Waals surface area contributed by atoms with Crippen LogP contribution in [-0.2, 0) is 4.74 Å². The first-order valence-electron chi connectivity index (χ1n) is 4.97. The number of aliphatic hydroxyl groups is 1. The Bertz CT molecular complexity index is 147. The van der Waals surface area contributed by atoms with Gasteiger partial charge in [0, 0.05) is 0 Å². The van der Waals surface area contributed by atoms with Crippen LogP contribution in [0.25, 0.3) is 0 Å². The Morgan fingerprint density at radius 1 is 1.50 bits per heavy atom. The van der Waals surface area contributed by atoms with E-state index in [-0.39, 0.29) is 17.8 Å².